The minimum absolute atomic E-state index is 1.17. The van der Waals surface area contributed by atoms with E-state index in [2.05, 4.69) is 25.3 Å². The van der Waals surface area contributed by atoms with Crippen molar-refractivity contribution >= 4 is 47.3 Å². The summed E-state index contributed by atoms with van der Waals surface area (Å²) < 4.78 is 0. The summed E-state index contributed by atoms with van der Waals surface area (Å²) in [6.07, 6.45) is 0. The number of hydrogen-bond acceptors (Lipinski definition) is 0. The molecule has 0 aromatic heterocycles. The minimum Gasteiger partial charge on any atom is -0.121 e. The molecule has 0 aliphatic heterocycles. The third-order valence-corrected chi connectivity index (χ3v) is 3.95. The summed E-state index contributed by atoms with van der Waals surface area (Å²) in [6.45, 7) is 6.61. The van der Waals surface area contributed by atoms with E-state index >= 15 is 0 Å². The van der Waals surface area contributed by atoms with Crippen LogP contribution < -0.4 is 0 Å². The van der Waals surface area contributed by atoms with Gasteiger partial charge in [0.15, 0.2) is 0 Å². The standard InChI is InChI=1S/C5H11Cl3Si2/c1-9(2,3)4-5-10(6,7)8/h4-5H,1-3H3. The van der Waals surface area contributed by atoms with Crippen LogP contribution in [0, 0.1) is 0 Å². The van der Waals surface area contributed by atoms with Crippen molar-refractivity contribution in [3.63, 3.8) is 0 Å². The molecule has 0 fully saturated rings. The Kier molecular flexibility index (Phi) is 4.01. The molecule has 0 aliphatic rings. The summed E-state index contributed by atoms with van der Waals surface area (Å²) in [5.41, 5.74) is 3.84. The minimum atomic E-state index is -2.50. The van der Waals surface area contributed by atoms with Crippen LogP contribution in [0.25, 0.3) is 0 Å². The zero-order valence-electron chi connectivity index (χ0n) is 6.29. The Labute approximate surface area is 78.3 Å². The molecule has 10 heavy (non-hydrogen) atoms. The van der Waals surface area contributed by atoms with Gasteiger partial charge in [-0.1, -0.05) is 31.0 Å². The van der Waals surface area contributed by atoms with E-state index in [4.69, 9.17) is 33.2 Å². The van der Waals surface area contributed by atoms with E-state index in [0.29, 0.717) is 0 Å². The Hall–Kier alpha value is 1.04. The fourth-order valence-corrected chi connectivity index (χ4v) is 4.80. The van der Waals surface area contributed by atoms with E-state index in [1.54, 1.807) is 5.70 Å². The van der Waals surface area contributed by atoms with E-state index in [9.17, 15) is 0 Å². The monoisotopic (exact) mass is 232 g/mol. The Bertz CT molecular complexity index is 115. The molecule has 0 heterocycles. The van der Waals surface area contributed by atoms with Crippen molar-refractivity contribution in [1.29, 1.82) is 0 Å². The molecule has 0 aliphatic carbocycles. The van der Waals surface area contributed by atoms with Crippen molar-refractivity contribution in [1.82, 2.24) is 0 Å². The molecule has 0 aromatic rings. The third kappa shape index (κ3) is 9.04. The van der Waals surface area contributed by atoms with Crippen LogP contribution in [0.2, 0.25) is 19.6 Å². The van der Waals surface area contributed by atoms with E-state index < -0.39 is 14.1 Å². The van der Waals surface area contributed by atoms with Gasteiger partial charge in [0.2, 0.25) is 0 Å². The number of hydrogen-bond donors (Lipinski definition) is 0. The lowest BCUT2D eigenvalue weighted by Crippen LogP contribution is -2.18. The molecule has 0 unspecified atom stereocenters. The topological polar surface area (TPSA) is 0 Å². The van der Waals surface area contributed by atoms with Crippen molar-refractivity contribution in [2.24, 2.45) is 0 Å². The molecule has 0 radical (unpaired) electrons. The summed E-state index contributed by atoms with van der Waals surface area (Å²) in [6, 6.07) is -2.50. The summed E-state index contributed by atoms with van der Waals surface area (Å²) >= 11 is 16.9. The maximum Gasteiger partial charge on any atom is 0.365 e. The van der Waals surface area contributed by atoms with Crippen LogP contribution in [0.3, 0.4) is 0 Å². The third-order valence-electron chi connectivity index (χ3n) is 0.772. The highest BCUT2D eigenvalue weighted by atomic mass is 35.8. The zero-order chi connectivity index (χ0) is 8.41. The van der Waals surface area contributed by atoms with Crippen LogP contribution in [0.5, 0.6) is 0 Å². The number of halogens is 3. The average Bonchev–Trinajstić information content (AvgIpc) is 1.57. The van der Waals surface area contributed by atoms with Crippen LogP contribution in [0.15, 0.2) is 11.4 Å². The lowest BCUT2D eigenvalue weighted by Gasteiger charge is -2.09. The Balaban J connectivity index is 4.01. The molecule has 0 atom stereocenters. The second kappa shape index (κ2) is 3.63. The molecular weight excluding hydrogens is 223 g/mol. The van der Waals surface area contributed by atoms with E-state index in [1.165, 1.54) is 0 Å². The predicted octanol–water partition coefficient (Wildman–Crippen LogP) is 3.61. The Morgan fingerprint density at radius 2 is 1.30 bits per heavy atom. The highest BCUT2D eigenvalue weighted by Crippen LogP contribution is 2.22. The van der Waals surface area contributed by atoms with Gasteiger partial charge in [-0.2, -0.15) is 0 Å². The van der Waals surface area contributed by atoms with Crippen LogP contribution >= 0.6 is 33.2 Å². The van der Waals surface area contributed by atoms with Crippen LogP contribution in [0.1, 0.15) is 0 Å². The van der Waals surface area contributed by atoms with Gasteiger partial charge in [-0.05, 0) is 0 Å². The predicted molar refractivity (Wildman–Crippen MR) is 55.8 cm³/mol. The SMILES string of the molecule is C[Si](C)(C)C=C[Si](Cl)(Cl)Cl. The zero-order valence-corrected chi connectivity index (χ0v) is 10.6. The molecule has 0 bridgehead atoms. The van der Waals surface area contributed by atoms with E-state index in [1.807, 2.05) is 0 Å². The van der Waals surface area contributed by atoms with E-state index in [0.717, 1.165) is 0 Å². The maximum absolute atomic E-state index is 5.64. The normalized spacial score (nSPS) is 14.6. The average molecular weight is 234 g/mol. The lowest BCUT2D eigenvalue weighted by atomic mass is 11.2. The van der Waals surface area contributed by atoms with Crippen LogP contribution in [-0.4, -0.2) is 14.1 Å². The van der Waals surface area contributed by atoms with Crippen molar-refractivity contribution < 1.29 is 0 Å². The molecular formula is C5H11Cl3Si2. The second-order valence-corrected chi connectivity index (χ2v) is 16.8. The van der Waals surface area contributed by atoms with Crippen molar-refractivity contribution in [2.75, 3.05) is 0 Å². The molecule has 60 valence electrons. The highest BCUT2D eigenvalue weighted by molar-refractivity contribution is 7.66. The first kappa shape index (κ1) is 11.0. The van der Waals surface area contributed by atoms with Gasteiger partial charge in [0.05, 0.1) is 8.07 Å². The molecule has 0 amide bonds. The van der Waals surface area contributed by atoms with Gasteiger partial charge in [-0.15, -0.1) is 33.2 Å². The highest BCUT2D eigenvalue weighted by Gasteiger charge is 2.21. The summed E-state index contributed by atoms with van der Waals surface area (Å²) in [7, 11) is -1.17. The first-order valence-electron chi connectivity index (χ1n) is 2.98. The molecule has 0 spiro atoms. The number of rotatable bonds is 2. The van der Waals surface area contributed by atoms with Crippen LogP contribution in [-0.2, 0) is 0 Å². The molecule has 0 saturated heterocycles. The van der Waals surface area contributed by atoms with Gasteiger partial charge >= 0.3 is 6.00 Å². The maximum atomic E-state index is 5.64. The van der Waals surface area contributed by atoms with Gasteiger partial charge in [0.25, 0.3) is 0 Å². The molecule has 0 N–H and O–H groups in total. The van der Waals surface area contributed by atoms with Crippen molar-refractivity contribution in [3.8, 4) is 0 Å². The largest absolute Gasteiger partial charge is 0.365 e. The van der Waals surface area contributed by atoms with Gasteiger partial charge in [0.1, 0.15) is 0 Å². The lowest BCUT2D eigenvalue weighted by molar-refractivity contribution is 1.78. The Morgan fingerprint density at radius 1 is 0.900 bits per heavy atom. The summed E-state index contributed by atoms with van der Waals surface area (Å²) in [5, 5.41) is 0. The first-order chi connectivity index (χ1) is 4.21. The smallest absolute Gasteiger partial charge is 0.121 e. The first-order valence-corrected chi connectivity index (χ1v) is 11.7. The molecule has 5 heteroatoms. The fourth-order valence-electron chi connectivity index (χ4n) is 0.344. The van der Waals surface area contributed by atoms with Crippen molar-refractivity contribution in [2.45, 2.75) is 19.6 Å². The van der Waals surface area contributed by atoms with Gasteiger partial charge < -0.3 is 0 Å². The van der Waals surface area contributed by atoms with E-state index in [-0.39, 0.29) is 0 Å². The van der Waals surface area contributed by atoms with Gasteiger partial charge in [-0.3, -0.25) is 0 Å². The molecule has 0 aromatic carbocycles. The molecule has 0 rings (SSSR count). The van der Waals surface area contributed by atoms with Crippen molar-refractivity contribution in [3.05, 3.63) is 11.4 Å². The second-order valence-electron chi connectivity index (χ2n) is 3.24. The van der Waals surface area contributed by atoms with Crippen LogP contribution in [0.4, 0.5) is 0 Å². The summed E-state index contributed by atoms with van der Waals surface area (Å²) in [5.74, 6) is 0. The Morgan fingerprint density at radius 3 is 1.40 bits per heavy atom. The molecule has 0 nitrogen and oxygen atoms in total. The quantitative estimate of drug-likeness (QED) is 0.505. The summed E-state index contributed by atoms with van der Waals surface area (Å²) in [4.78, 5) is 0. The van der Waals surface area contributed by atoms with Gasteiger partial charge in [0, 0.05) is 0 Å². The molecule has 0 saturated carbocycles. The fraction of sp³-hybridized carbons (Fsp3) is 0.600. The van der Waals surface area contributed by atoms with Gasteiger partial charge in [-0.25, -0.2) is 0 Å².